The number of amides is 1. The van der Waals surface area contributed by atoms with Gasteiger partial charge in [0.25, 0.3) is 5.91 Å². The number of Topliss-reactive ketones (excluding diaryl/α,β-unsaturated/α-hetero) is 3. The highest BCUT2D eigenvalue weighted by Gasteiger charge is 2.38. The molecule has 1 heterocycles. The van der Waals surface area contributed by atoms with Gasteiger partial charge in [0.05, 0.1) is 12.5 Å². The highest BCUT2D eigenvalue weighted by Crippen LogP contribution is 2.30. The Hall–Kier alpha value is -3.28. The van der Waals surface area contributed by atoms with Gasteiger partial charge in [-0.15, -0.1) is 0 Å². The first kappa shape index (κ1) is 21.0. The molecule has 160 valence electrons. The lowest BCUT2D eigenvalue weighted by molar-refractivity contribution is -0.133. The summed E-state index contributed by atoms with van der Waals surface area (Å²) >= 11 is 0. The van der Waals surface area contributed by atoms with Gasteiger partial charge in [-0.05, 0) is 54.2 Å². The zero-order valence-electron chi connectivity index (χ0n) is 17.5. The van der Waals surface area contributed by atoms with Crippen LogP contribution >= 0.6 is 0 Å². The molecule has 2 aliphatic rings. The number of rotatable bonds is 6. The van der Waals surface area contributed by atoms with Gasteiger partial charge in [0.15, 0.2) is 5.78 Å². The molecule has 0 bridgehead atoms. The Balaban J connectivity index is 1.38. The molecule has 1 saturated carbocycles. The maximum atomic E-state index is 12.8. The quantitative estimate of drug-likeness (QED) is 0.727. The van der Waals surface area contributed by atoms with E-state index < -0.39 is 6.04 Å². The van der Waals surface area contributed by atoms with Gasteiger partial charge in [0.2, 0.25) is 0 Å². The average molecular weight is 419 g/mol. The number of hydrogen-bond donors (Lipinski definition) is 1. The molecule has 4 rings (SSSR count). The third-order valence-corrected chi connectivity index (χ3v) is 6.18. The van der Waals surface area contributed by atoms with Crippen molar-refractivity contribution in [3.63, 3.8) is 0 Å². The number of phenolic OH excluding ortho intramolecular Hbond substituents is 1. The third kappa shape index (κ3) is 4.43. The molecule has 6 nitrogen and oxygen atoms in total. The second-order valence-electron chi connectivity index (χ2n) is 8.50. The van der Waals surface area contributed by atoms with Crippen LogP contribution in [0.1, 0.15) is 58.3 Å². The second-order valence-corrected chi connectivity index (χ2v) is 8.50. The molecule has 31 heavy (non-hydrogen) atoms. The van der Waals surface area contributed by atoms with Crippen molar-refractivity contribution >= 4 is 23.3 Å². The molecule has 0 saturated heterocycles. The lowest BCUT2D eigenvalue weighted by atomic mass is 9.92. The summed E-state index contributed by atoms with van der Waals surface area (Å²) < 4.78 is 0. The lowest BCUT2D eigenvalue weighted by Gasteiger charge is -2.29. The molecule has 1 aliphatic heterocycles. The van der Waals surface area contributed by atoms with E-state index in [0.29, 0.717) is 37.8 Å². The van der Waals surface area contributed by atoms with E-state index in [9.17, 15) is 24.3 Å². The van der Waals surface area contributed by atoms with Crippen molar-refractivity contribution < 1.29 is 24.3 Å². The fourth-order valence-corrected chi connectivity index (χ4v) is 4.36. The molecular formula is C25H25NO5. The van der Waals surface area contributed by atoms with Gasteiger partial charge >= 0.3 is 0 Å². The third-order valence-electron chi connectivity index (χ3n) is 6.18. The maximum Gasteiger partial charge on any atom is 0.255 e. The fraction of sp³-hybridized carbons (Fsp3) is 0.360. The van der Waals surface area contributed by atoms with Crippen molar-refractivity contribution in [3.05, 3.63) is 64.2 Å². The van der Waals surface area contributed by atoms with E-state index in [1.807, 2.05) is 25.1 Å². The Morgan fingerprint density at radius 1 is 1.10 bits per heavy atom. The monoisotopic (exact) mass is 419 g/mol. The average Bonchev–Trinajstić information content (AvgIpc) is 3.05. The summed E-state index contributed by atoms with van der Waals surface area (Å²) in [6, 6.07) is 10.3. The van der Waals surface area contributed by atoms with Crippen molar-refractivity contribution in [3.8, 4) is 5.75 Å². The van der Waals surface area contributed by atoms with Crippen LogP contribution in [0.15, 0.2) is 36.4 Å². The number of fused-ring (bicyclic) bond motifs is 1. The van der Waals surface area contributed by atoms with Crippen molar-refractivity contribution in [2.24, 2.45) is 0 Å². The molecule has 2 aromatic carbocycles. The molecule has 1 aliphatic carbocycles. The van der Waals surface area contributed by atoms with E-state index in [4.69, 9.17) is 0 Å². The van der Waals surface area contributed by atoms with Crippen LogP contribution in [-0.2, 0) is 33.8 Å². The minimum Gasteiger partial charge on any atom is -0.508 e. The van der Waals surface area contributed by atoms with Crippen LogP contribution in [0.25, 0.3) is 0 Å². The molecule has 1 fully saturated rings. The predicted octanol–water partition coefficient (Wildman–Crippen LogP) is 3.09. The summed E-state index contributed by atoms with van der Waals surface area (Å²) in [5.41, 5.74) is 4.00. The number of hydrogen-bond acceptors (Lipinski definition) is 5. The second kappa shape index (κ2) is 8.46. The molecule has 1 unspecified atom stereocenters. The highest BCUT2D eigenvalue weighted by molar-refractivity contribution is 6.07. The zero-order chi connectivity index (χ0) is 22.1. The number of carbonyl (C=O) groups is 4. The van der Waals surface area contributed by atoms with Gasteiger partial charge < -0.3 is 10.0 Å². The molecule has 0 radical (unpaired) electrons. The van der Waals surface area contributed by atoms with Crippen molar-refractivity contribution in [2.75, 3.05) is 0 Å². The maximum absolute atomic E-state index is 12.8. The van der Waals surface area contributed by atoms with E-state index in [1.54, 1.807) is 23.1 Å². The van der Waals surface area contributed by atoms with Crippen molar-refractivity contribution in [1.82, 2.24) is 4.90 Å². The summed E-state index contributed by atoms with van der Waals surface area (Å²) in [4.78, 5) is 50.5. The highest BCUT2D eigenvalue weighted by atomic mass is 16.3. The van der Waals surface area contributed by atoms with Gasteiger partial charge in [-0.25, -0.2) is 0 Å². The molecular weight excluding hydrogens is 394 g/mol. The first-order valence-electron chi connectivity index (χ1n) is 10.6. The number of aryl methyl sites for hydroxylation is 2. The van der Waals surface area contributed by atoms with Gasteiger partial charge in [-0.2, -0.15) is 0 Å². The number of aromatic hydroxyl groups is 1. The smallest absolute Gasteiger partial charge is 0.255 e. The largest absolute Gasteiger partial charge is 0.508 e. The summed E-state index contributed by atoms with van der Waals surface area (Å²) in [7, 11) is 0. The topological polar surface area (TPSA) is 91.8 Å². The standard InChI is InChI=1S/C25H25NO5/c1-15-2-3-17(12-23(15)29)11-19(27)6-4-16-5-8-21-18(10-16)14-26(25(21)31)22-9-7-20(28)13-24(22)30/h2-3,5,8,10,12,22,29H,4,6-7,9,11,13-14H2,1H3. The van der Waals surface area contributed by atoms with E-state index >= 15 is 0 Å². The Morgan fingerprint density at radius 3 is 2.61 bits per heavy atom. The molecule has 2 aromatic rings. The van der Waals surface area contributed by atoms with E-state index in [2.05, 4.69) is 0 Å². The summed E-state index contributed by atoms with van der Waals surface area (Å²) in [6.45, 7) is 2.17. The van der Waals surface area contributed by atoms with Gasteiger partial charge in [-0.1, -0.05) is 24.3 Å². The van der Waals surface area contributed by atoms with Gasteiger partial charge in [-0.3, -0.25) is 19.2 Å². The molecule has 1 N–H and O–H groups in total. The van der Waals surface area contributed by atoms with Crippen LogP contribution in [0.5, 0.6) is 5.75 Å². The van der Waals surface area contributed by atoms with Gasteiger partial charge in [0.1, 0.15) is 17.3 Å². The number of benzene rings is 2. The Kier molecular flexibility index (Phi) is 5.72. The Labute approximate surface area is 180 Å². The minimum absolute atomic E-state index is 0.0572. The van der Waals surface area contributed by atoms with E-state index in [-0.39, 0.29) is 41.8 Å². The van der Waals surface area contributed by atoms with Crippen molar-refractivity contribution in [2.45, 2.75) is 58.0 Å². The summed E-state index contributed by atoms with van der Waals surface area (Å²) in [5.74, 6) is -0.119. The van der Waals surface area contributed by atoms with Crippen LogP contribution in [0.2, 0.25) is 0 Å². The first-order chi connectivity index (χ1) is 14.8. The normalized spacial score (nSPS) is 18.4. The number of phenols is 1. The molecule has 1 atom stereocenters. The minimum atomic E-state index is -0.520. The number of ketones is 3. The summed E-state index contributed by atoms with van der Waals surface area (Å²) in [5, 5.41) is 9.80. The first-order valence-corrected chi connectivity index (χ1v) is 10.6. The van der Waals surface area contributed by atoms with Crippen LogP contribution in [0.4, 0.5) is 0 Å². The van der Waals surface area contributed by atoms with Gasteiger partial charge in [0, 0.05) is 31.4 Å². The molecule has 0 aromatic heterocycles. The number of nitrogens with zero attached hydrogens (tertiary/aromatic N) is 1. The van der Waals surface area contributed by atoms with Crippen LogP contribution in [0, 0.1) is 6.92 Å². The Bertz CT molecular complexity index is 1090. The van der Waals surface area contributed by atoms with Crippen molar-refractivity contribution in [1.29, 1.82) is 0 Å². The fourth-order valence-electron chi connectivity index (χ4n) is 4.36. The predicted molar refractivity (Wildman–Crippen MR) is 114 cm³/mol. The van der Waals surface area contributed by atoms with Crippen LogP contribution in [0.3, 0.4) is 0 Å². The Morgan fingerprint density at radius 2 is 1.87 bits per heavy atom. The van der Waals surface area contributed by atoms with Crippen LogP contribution in [-0.4, -0.2) is 39.3 Å². The SMILES string of the molecule is Cc1ccc(CC(=O)CCc2ccc3c(c2)CN(C2CCC(=O)CC2=O)C3=O)cc1O. The van der Waals surface area contributed by atoms with Crippen LogP contribution < -0.4 is 0 Å². The molecule has 0 spiro atoms. The van der Waals surface area contributed by atoms with E-state index in [1.165, 1.54) is 0 Å². The molecule has 6 heteroatoms. The molecule has 1 amide bonds. The lowest BCUT2D eigenvalue weighted by Crippen LogP contribution is -2.44. The number of carbonyl (C=O) groups excluding carboxylic acids is 4. The summed E-state index contributed by atoms with van der Waals surface area (Å²) in [6.07, 6.45) is 1.85. The van der Waals surface area contributed by atoms with E-state index in [0.717, 1.165) is 22.3 Å². The zero-order valence-corrected chi connectivity index (χ0v) is 17.5.